The molecule has 0 radical (unpaired) electrons. The van der Waals surface area contributed by atoms with E-state index in [0.717, 1.165) is 49.2 Å². The van der Waals surface area contributed by atoms with Gasteiger partial charge in [-0.15, -0.1) is 11.3 Å². The normalized spacial score (nSPS) is 26.6. The molecule has 0 bridgehead atoms. The van der Waals surface area contributed by atoms with Crippen LogP contribution in [0.25, 0.3) is 0 Å². The molecule has 0 unspecified atom stereocenters. The van der Waals surface area contributed by atoms with E-state index in [1.54, 1.807) is 0 Å². The van der Waals surface area contributed by atoms with Gasteiger partial charge in [0.2, 0.25) is 5.91 Å². The Bertz CT molecular complexity index is 540. The molecule has 0 saturated carbocycles. The Morgan fingerprint density at radius 2 is 2.20 bits per heavy atom. The largest absolute Gasteiger partial charge is 0.356 e. The van der Waals surface area contributed by atoms with Gasteiger partial charge in [-0.25, -0.2) is 0 Å². The van der Waals surface area contributed by atoms with Gasteiger partial charge >= 0.3 is 0 Å². The summed E-state index contributed by atoms with van der Waals surface area (Å²) in [4.78, 5) is 27.4. The molecule has 2 saturated heterocycles. The third-order valence-electron chi connectivity index (χ3n) is 4.66. The summed E-state index contributed by atoms with van der Waals surface area (Å²) in [6.45, 7) is 4.24. The Morgan fingerprint density at radius 1 is 1.35 bits per heavy atom. The van der Waals surface area contributed by atoms with Crippen LogP contribution in [0.15, 0.2) is 11.4 Å². The van der Waals surface area contributed by atoms with Crippen molar-refractivity contribution >= 4 is 23.2 Å². The molecule has 2 amide bonds. The van der Waals surface area contributed by atoms with Crippen LogP contribution in [0.1, 0.15) is 40.9 Å². The lowest BCUT2D eigenvalue weighted by Crippen LogP contribution is -2.35. The van der Waals surface area contributed by atoms with Crippen LogP contribution in [-0.2, 0) is 4.79 Å². The van der Waals surface area contributed by atoms with Crippen LogP contribution in [0.5, 0.6) is 0 Å². The molecule has 3 heterocycles. The first-order valence-corrected chi connectivity index (χ1v) is 8.12. The minimum atomic E-state index is -0.209. The van der Waals surface area contributed by atoms with Crippen LogP contribution in [-0.4, -0.2) is 36.3 Å². The van der Waals surface area contributed by atoms with Crippen LogP contribution < -0.4 is 5.32 Å². The van der Waals surface area contributed by atoms with Crippen molar-refractivity contribution in [2.45, 2.75) is 32.6 Å². The van der Waals surface area contributed by atoms with Gasteiger partial charge in [-0.2, -0.15) is 0 Å². The molecule has 20 heavy (non-hydrogen) atoms. The standard InChI is InChI=1S/C15H20N2O2S/c1-11-3-10-20-12(11)13(18)17-8-2-4-15(6-9-17)5-7-16-14(15)19/h3,10H,2,4-9H2,1H3,(H,16,19)/t15-/m0/s1. The lowest BCUT2D eigenvalue weighted by molar-refractivity contribution is -0.128. The maximum Gasteiger partial charge on any atom is 0.264 e. The molecule has 1 atom stereocenters. The number of amides is 2. The summed E-state index contributed by atoms with van der Waals surface area (Å²) in [6, 6.07) is 1.99. The van der Waals surface area contributed by atoms with Gasteiger partial charge in [0.15, 0.2) is 0 Å². The van der Waals surface area contributed by atoms with E-state index in [-0.39, 0.29) is 17.2 Å². The van der Waals surface area contributed by atoms with Gasteiger partial charge in [0, 0.05) is 19.6 Å². The van der Waals surface area contributed by atoms with Crippen molar-refractivity contribution in [2.75, 3.05) is 19.6 Å². The summed E-state index contributed by atoms with van der Waals surface area (Å²) in [6.07, 6.45) is 3.55. The number of carbonyl (C=O) groups excluding carboxylic acids is 2. The second-order valence-corrected chi connectivity index (χ2v) is 6.78. The van der Waals surface area contributed by atoms with Gasteiger partial charge in [0.1, 0.15) is 0 Å². The molecule has 0 aromatic carbocycles. The van der Waals surface area contributed by atoms with Crippen LogP contribution >= 0.6 is 11.3 Å². The number of thiophene rings is 1. The van der Waals surface area contributed by atoms with Gasteiger partial charge in [-0.3, -0.25) is 9.59 Å². The third-order valence-corrected chi connectivity index (χ3v) is 5.66. The van der Waals surface area contributed by atoms with Gasteiger partial charge in [-0.1, -0.05) is 0 Å². The fraction of sp³-hybridized carbons (Fsp3) is 0.600. The Morgan fingerprint density at radius 3 is 2.85 bits per heavy atom. The molecule has 2 fully saturated rings. The summed E-state index contributed by atoms with van der Waals surface area (Å²) < 4.78 is 0. The summed E-state index contributed by atoms with van der Waals surface area (Å²) in [5.41, 5.74) is 0.845. The van der Waals surface area contributed by atoms with Crippen molar-refractivity contribution in [3.05, 3.63) is 21.9 Å². The van der Waals surface area contributed by atoms with Gasteiger partial charge < -0.3 is 10.2 Å². The average Bonchev–Trinajstić information content (AvgIpc) is 2.92. The molecule has 4 nitrogen and oxygen atoms in total. The minimum Gasteiger partial charge on any atom is -0.356 e. The fourth-order valence-electron chi connectivity index (χ4n) is 3.33. The van der Waals surface area contributed by atoms with E-state index in [4.69, 9.17) is 0 Å². The number of likely N-dealkylation sites (tertiary alicyclic amines) is 1. The second-order valence-electron chi connectivity index (χ2n) is 5.86. The van der Waals surface area contributed by atoms with E-state index in [1.165, 1.54) is 11.3 Å². The maximum atomic E-state index is 12.6. The van der Waals surface area contributed by atoms with Crippen LogP contribution in [0.2, 0.25) is 0 Å². The highest BCUT2D eigenvalue weighted by Gasteiger charge is 2.43. The minimum absolute atomic E-state index is 0.132. The number of carbonyl (C=O) groups is 2. The molecular formula is C15H20N2O2S. The first-order chi connectivity index (χ1) is 9.62. The lowest BCUT2D eigenvalue weighted by atomic mass is 9.79. The zero-order chi connectivity index (χ0) is 14.2. The monoisotopic (exact) mass is 292 g/mol. The lowest BCUT2D eigenvalue weighted by Gasteiger charge is -2.24. The van der Waals surface area contributed by atoms with Gasteiger partial charge in [0.25, 0.3) is 5.91 Å². The highest BCUT2D eigenvalue weighted by Crippen LogP contribution is 2.38. The zero-order valence-electron chi connectivity index (χ0n) is 11.8. The molecule has 1 N–H and O–H groups in total. The quantitative estimate of drug-likeness (QED) is 0.862. The Hall–Kier alpha value is -1.36. The van der Waals surface area contributed by atoms with E-state index in [0.29, 0.717) is 6.54 Å². The molecule has 5 heteroatoms. The topological polar surface area (TPSA) is 49.4 Å². The summed E-state index contributed by atoms with van der Waals surface area (Å²) in [7, 11) is 0. The number of hydrogen-bond acceptors (Lipinski definition) is 3. The molecule has 0 aliphatic carbocycles. The Labute approximate surface area is 123 Å². The number of rotatable bonds is 1. The highest BCUT2D eigenvalue weighted by molar-refractivity contribution is 7.12. The van der Waals surface area contributed by atoms with E-state index in [2.05, 4.69) is 5.32 Å². The fourth-order valence-corrected chi connectivity index (χ4v) is 4.22. The highest BCUT2D eigenvalue weighted by atomic mass is 32.1. The van der Waals surface area contributed by atoms with Crippen molar-refractivity contribution in [2.24, 2.45) is 5.41 Å². The first kappa shape index (κ1) is 13.6. The summed E-state index contributed by atoms with van der Waals surface area (Å²) >= 11 is 1.51. The van der Waals surface area contributed by atoms with Gasteiger partial charge in [-0.05, 0) is 49.6 Å². The van der Waals surface area contributed by atoms with E-state index in [1.807, 2.05) is 23.3 Å². The zero-order valence-corrected chi connectivity index (χ0v) is 12.6. The third kappa shape index (κ3) is 2.24. The van der Waals surface area contributed by atoms with Crippen LogP contribution in [0.4, 0.5) is 0 Å². The Balaban J connectivity index is 1.73. The number of hydrogen-bond donors (Lipinski definition) is 1. The SMILES string of the molecule is Cc1ccsc1C(=O)N1CCC[C@]2(CCNC2=O)CC1. The van der Waals surface area contributed by atoms with E-state index in [9.17, 15) is 9.59 Å². The summed E-state index contributed by atoms with van der Waals surface area (Å²) in [5, 5.41) is 4.91. The van der Waals surface area contributed by atoms with E-state index >= 15 is 0 Å². The van der Waals surface area contributed by atoms with E-state index < -0.39 is 0 Å². The van der Waals surface area contributed by atoms with Crippen LogP contribution in [0.3, 0.4) is 0 Å². The average molecular weight is 292 g/mol. The van der Waals surface area contributed by atoms with Crippen molar-refractivity contribution in [1.29, 1.82) is 0 Å². The molecule has 3 rings (SSSR count). The van der Waals surface area contributed by atoms with Crippen molar-refractivity contribution in [1.82, 2.24) is 10.2 Å². The van der Waals surface area contributed by atoms with Gasteiger partial charge in [0.05, 0.1) is 10.3 Å². The molecule has 2 aliphatic rings. The summed E-state index contributed by atoms with van der Waals surface area (Å²) in [5.74, 6) is 0.326. The number of nitrogens with zero attached hydrogens (tertiary/aromatic N) is 1. The molecule has 1 spiro atoms. The second kappa shape index (κ2) is 5.20. The first-order valence-electron chi connectivity index (χ1n) is 7.24. The molecule has 2 aliphatic heterocycles. The molecule has 108 valence electrons. The van der Waals surface area contributed by atoms with Crippen molar-refractivity contribution < 1.29 is 9.59 Å². The van der Waals surface area contributed by atoms with Crippen molar-refractivity contribution in [3.8, 4) is 0 Å². The van der Waals surface area contributed by atoms with Crippen LogP contribution in [0, 0.1) is 12.3 Å². The Kier molecular flexibility index (Phi) is 3.54. The maximum absolute atomic E-state index is 12.6. The molecular weight excluding hydrogens is 272 g/mol. The van der Waals surface area contributed by atoms with Crippen molar-refractivity contribution in [3.63, 3.8) is 0 Å². The number of nitrogens with one attached hydrogen (secondary N) is 1. The predicted molar refractivity (Wildman–Crippen MR) is 78.9 cm³/mol. The smallest absolute Gasteiger partial charge is 0.264 e. The molecule has 1 aromatic heterocycles. The number of aryl methyl sites for hydroxylation is 1. The predicted octanol–water partition coefficient (Wildman–Crippen LogP) is 2.19. The molecule has 1 aromatic rings.